The van der Waals surface area contributed by atoms with E-state index >= 15 is 0 Å². The lowest BCUT2D eigenvalue weighted by Gasteiger charge is -2.30. The predicted molar refractivity (Wildman–Crippen MR) is 119 cm³/mol. The van der Waals surface area contributed by atoms with Crippen LogP contribution in [0.4, 0.5) is 5.82 Å². The third kappa shape index (κ3) is 6.23. The van der Waals surface area contributed by atoms with Crippen LogP contribution in [-0.4, -0.2) is 56.6 Å². The molecular formula is C22H34N6. The number of benzene rings is 1. The van der Waals surface area contributed by atoms with Gasteiger partial charge < -0.3 is 15.5 Å². The van der Waals surface area contributed by atoms with E-state index in [1.165, 1.54) is 5.56 Å². The molecule has 0 aliphatic rings. The Kier molecular flexibility index (Phi) is 8.75. The molecule has 0 aliphatic heterocycles. The Morgan fingerprint density at radius 3 is 2.32 bits per heavy atom. The summed E-state index contributed by atoms with van der Waals surface area (Å²) >= 11 is 0. The smallest absolute Gasteiger partial charge is 0.191 e. The molecule has 2 N–H and O–H groups in total. The molecule has 0 aliphatic carbocycles. The van der Waals surface area contributed by atoms with Gasteiger partial charge in [-0.3, -0.25) is 9.89 Å². The van der Waals surface area contributed by atoms with E-state index in [9.17, 15) is 0 Å². The number of hydrogen-bond acceptors (Lipinski definition) is 4. The average Bonchev–Trinajstić information content (AvgIpc) is 2.74. The van der Waals surface area contributed by atoms with E-state index in [2.05, 4.69) is 69.7 Å². The van der Waals surface area contributed by atoms with Crippen molar-refractivity contribution in [1.29, 1.82) is 0 Å². The van der Waals surface area contributed by atoms with Gasteiger partial charge in [-0.15, -0.1) is 0 Å². The number of anilines is 1. The third-order valence-electron chi connectivity index (χ3n) is 4.81. The van der Waals surface area contributed by atoms with Gasteiger partial charge in [-0.1, -0.05) is 50.2 Å². The van der Waals surface area contributed by atoms with Crippen molar-refractivity contribution in [3.63, 3.8) is 0 Å². The van der Waals surface area contributed by atoms with Gasteiger partial charge in [-0.2, -0.15) is 0 Å². The lowest BCUT2D eigenvalue weighted by molar-refractivity contribution is 0.219. The highest BCUT2D eigenvalue weighted by molar-refractivity contribution is 5.79. The van der Waals surface area contributed by atoms with E-state index in [4.69, 9.17) is 0 Å². The predicted octanol–water partition coefficient (Wildman–Crippen LogP) is 2.90. The number of rotatable bonds is 9. The fourth-order valence-electron chi connectivity index (χ4n) is 3.20. The third-order valence-corrected chi connectivity index (χ3v) is 4.81. The summed E-state index contributed by atoms with van der Waals surface area (Å²) in [6.07, 6.45) is 0. The minimum Gasteiger partial charge on any atom is -0.363 e. The van der Waals surface area contributed by atoms with Crippen LogP contribution in [-0.2, 0) is 6.54 Å². The number of nitrogens with zero attached hydrogens (tertiary/aromatic N) is 4. The second kappa shape index (κ2) is 11.3. The number of hydrogen-bond donors (Lipinski definition) is 2. The fraction of sp³-hybridized carbons (Fsp3) is 0.455. The first-order valence-corrected chi connectivity index (χ1v) is 9.95. The first kappa shape index (κ1) is 21.7. The molecule has 1 atom stereocenters. The normalized spacial score (nSPS) is 12.7. The SMILES string of the molecule is CCN(CC)C(CNC(=NC)NCc1cccc(N(C)C)n1)c1ccccc1. The van der Waals surface area contributed by atoms with Crippen molar-refractivity contribution in [1.82, 2.24) is 20.5 Å². The van der Waals surface area contributed by atoms with Crippen LogP contribution >= 0.6 is 0 Å². The summed E-state index contributed by atoms with van der Waals surface area (Å²) in [6, 6.07) is 17.0. The molecule has 6 nitrogen and oxygen atoms in total. The average molecular weight is 383 g/mol. The van der Waals surface area contributed by atoms with Crippen LogP contribution in [0.15, 0.2) is 53.5 Å². The number of aromatic nitrogens is 1. The van der Waals surface area contributed by atoms with Crippen LogP contribution in [0.5, 0.6) is 0 Å². The highest BCUT2D eigenvalue weighted by atomic mass is 15.2. The molecule has 0 saturated heterocycles. The molecule has 1 heterocycles. The molecule has 0 amide bonds. The fourth-order valence-corrected chi connectivity index (χ4v) is 3.20. The van der Waals surface area contributed by atoms with Gasteiger partial charge in [0.25, 0.3) is 0 Å². The minimum absolute atomic E-state index is 0.296. The molecule has 0 saturated carbocycles. The lowest BCUT2D eigenvalue weighted by atomic mass is 10.1. The number of likely N-dealkylation sites (N-methyl/N-ethyl adjacent to an activating group) is 1. The molecule has 0 bridgehead atoms. The monoisotopic (exact) mass is 382 g/mol. The maximum absolute atomic E-state index is 4.65. The summed E-state index contributed by atoms with van der Waals surface area (Å²) in [7, 11) is 5.79. The standard InChI is InChI=1S/C22H34N6/c1-6-28(7-2)20(18-12-9-8-10-13-18)17-25-22(23-3)24-16-19-14-11-15-21(26-19)27(4)5/h8-15,20H,6-7,16-17H2,1-5H3,(H2,23,24,25). The van der Waals surface area contributed by atoms with E-state index in [0.717, 1.165) is 37.1 Å². The molecule has 2 rings (SSSR count). The number of aliphatic imine (C=N–C) groups is 1. The largest absolute Gasteiger partial charge is 0.363 e. The van der Waals surface area contributed by atoms with Gasteiger partial charge in [0.2, 0.25) is 0 Å². The zero-order chi connectivity index (χ0) is 20.4. The molecule has 1 aromatic heterocycles. The summed E-state index contributed by atoms with van der Waals surface area (Å²) in [4.78, 5) is 13.5. The Hall–Kier alpha value is -2.60. The summed E-state index contributed by atoms with van der Waals surface area (Å²) in [5, 5.41) is 6.86. The summed E-state index contributed by atoms with van der Waals surface area (Å²) in [5.74, 6) is 1.73. The minimum atomic E-state index is 0.296. The van der Waals surface area contributed by atoms with Crippen LogP contribution in [0.3, 0.4) is 0 Å². The molecule has 2 aromatic rings. The van der Waals surface area contributed by atoms with Gasteiger partial charge >= 0.3 is 0 Å². The van der Waals surface area contributed by atoms with Crippen molar-refractivity contribution >= 4 is 11.8 Å². The van der Waals surface area contributed by atoms with Crippen LogP contribution in [0, 0.1) is 0 Å². The number of guanidine groups is 1. The first-order valence-electron chi connectivity index (χ1n) is 9.95. The van der Waals surface area contributed by atoms with Crippen molar-refractivity contribution in [2.24, 2.45) is 4.99 Å². The van der Waals surface area contributed by atoms with Gasteiger partial charge in [-0.05, 0) is 30.8 Å². The zero-order valence-corrected chi connectivity index (χ0v) is 17.8. The quantitative estimate of drug-likeness (QED) is 0.516. The molecule has 0 fully saturated rings. The number of pyridine rings is 1. The number of nitrogens with one attached hydrogen (secondary N) is 2. The van der Waals surface area contributed by atoms with E-state index in [0.29, 0.717) is 12.6 Å². The Morgan fingerprint density at radius 1 is 1.00 bits per heavy atom. The molecule has 28 heavy (non-hydrogen) atoms. The maximum Gasteiger partial charge on any atom is 0.191 e. The van der Waals surface area contributed by atoms with E-state index in [1.54, 1.807) is 7.05 Å². The highest BCUT2D eigenvalue weighted by Gasteiger charge is 2.18. The van der Waals surface area contributed by atoms with E-state index < -0.39 is 0 Å². The van der Waals surface area contributed by atoms with E-state index in [1.807, 2.05) is 37.2 Å². The zero-order valence-electron chi connectivity index (χ0n) is 17.8. The van der Waals surface area contributed by atoms with Crippen LogP contribution in [0.1, 0.15) is 31.1 Å². The molecule has 6 heteroatoms. The van der Waals surface area contributed by atoms with Gasteiger partial charge in [0.1, 0.15) is 5.82 Å². The summed E-state index contributed by atoms with van der Waals surface area (Å²) in [5.41, 5.74) is 2.30. The highest BCUT2D eigenvalue weighted by Crippen LogP contribution is 2.19. The molecular weight excluding hydrogens is 348 g/mol. The van der Waals surface area contributed by atoms with Crippen molar-refractivity contribution in [2.75, 3.05) is 45.7 Å². The van der Waals surface area contributed by atoms with Crippen molar-refractivity contribution < 1.29 is 0 Å². The Bertz CT molecular complexity index is 725. The molecule has 1 unspecified atom stereocenters. The Morgan fingerprint density at radius 2 is 1.71 bits per heavy atom. The van der Waals surface area contributed by atoms with Gasteiger partial charge in [0.05, 0.1) is 18.3 Å². The topological polar surface area (TPSA) is 55.8 Å². The summed E-state index contributed by atoms with van der Waals surface area (Å²) in [6.45, 7) is 7.83. The Balaban J connectivity index is 2.00. The Labute approximate surface area is 169 Å². The molecule has 152 valence electrons. The maximum atomic E-state index is 4.65. The molecule has 1 aromatic carbocycles. The second-order valence-corrected chi connectivity index (χ2v) is 6.84. The van der Waals surface area contributed by atoms with Gasteiger partial charge in [0, 0.05) is 27.7 Å². The van der Waals surface area contributed by atoms with Crippen molar-refractivity contribution in [2.45, 2.75) is 26.4 Å². The lowest BCUT2D eigenvalue weighted by Crippen LogP contribution is -2.43. The second-order valence-electron chi connectivity index (χ2n) is 6.84. The molecule has 0 radical (unpaired) electrons. The van der Waals surface area contributed by atoms with Crippen LogP contribution < -0.4 is 15.5 Å². The van der Waals surface area contributed by atoms with Crippen molar-refractivity contribution in [3.05, 3.63) is 59.8 Å². The van der Waals surface area contributed by atoms with Gasteiger partial charge in [0.15, 0.2) is 5.96 Å². The summed E-state index contributed by atoms with van der Waals surface area (Å²) < 4.78 is 0. The first-order chi connectivity index (χ1) is 13.6. The van der Waals surface area contributed by atoms with E-state index in [-0.39, 0.29) is 0 Å². The van der Waals surface area contributed by atoms with Crippen LogP contribution in [0.25, 0.3) is 0 Å². The van der Waals surface area contributed by atoms with Gasteiger partial charge in [-0.25, -0.2) is 4.98 Å². The molecule has 0 spiro atoms. The van der Waals surface area contributed by atoms with Crippen LogP contribution in [0.2, 0.25) is 0 Å². The van der Waals surface area contributed by atoms with Crippen molar-refractivity contribution in [3.8, 4) is 0 Å².